The van der Waals surface area contributed by atoms with E-state index in [1.165, 1.54) is 40.2 Å². The minimum atomic E-state index is -3.84. The van der Waals surface area contributed by atoms with Crippen molar-refractivity contribution in [1.29, 1.82) is 0 Å². The Morgan fingerprint density at radius 1 is 1.16 bits per heavy atom. The van der Waals surface area contributed by atoms with E-state index in [-0.39, 0.29) is 28.7 Å². The highest BCUT2D eigenvalue weighted by Crippen LogP contribution is 2.30. The largest absolute Gasteiger partial charge is 0.381 e. The van der Waals surface area contributed by atoms with Gasteiger partial charge in [-0.15, -0.1) is 11.3 Å². The molecule has 1 saturated heterocycles. The van der Waals surface area contributed by atoms with Gasteiger partial charge in [-0.05, 0) is 48.2 Å². The van der Waals surface area contributed by atoms with Crippen molar-refractivity contribution in [3.63, 3.8) is 0 Å². The lowest BCUT2D eigenvalue weighted by Crippen LogP contribution is -2.58. The Labute approximate surface area is 222 Å². The second-order valence-electron chi connectivity index (χ2n) is 9.02. The van der Waals surface area contributed by atoms with Crippen LogP contribution in [-0.4, -0.2) is 74.8 Å². The number of hydrogen-bond acceptors (Lipinski definition) is 8. The van der Waals surface area contributed by atoms with E-state index in [0.29, 0.717) is 12.1 Å². The molecule has 1 unspecified atom stereocenters. The molecule has 0 spiro atoms. The summed E-state index contributed by atoms with van der Waals surface area (Å²) in [6.07, 6.45) is 4.25. The van der Waals surface area contributed by atoms with Crippen molar-refractivity contribution in [2.24, 2.45) is 0 Å². The summed E-state index contributed by atoms with van der Waals surface area (Å²) in [5.41, 5.74) is 0.274. The quantitative estimate of drug-likeness (QED) is 0.399. The number of rotatable bonds is 9. The Morgan fingerprint density at radius 3 is 2.49 bits per heavy atom. The first-order chi connectivity index (χ1) is 17.5. The van der Waals surface area contributed by atoms with Gasteiger partial charge in [0.15, 0.2) is 0 Å². The minimum Gasteiger partial charge on any atom is -0.381 e. The van der Waals surface area contributed by atoms with Crippen molar-refractivity contribution in [1.82, 2.24) is 13.6 Å². The molecule has 198 valence electrons. The normalized spacial score (nSPS) is 19.0. The van der Waals surface area contributed by atoms with Crippen LogP contribution in [0.2, 0.25) is 0 Å². The first-order valence-electron chi connectivity index (χ1n) is 11.6. The van der Waals surface area contributed by atoms with E-state index in [2.05, 4.69) is 11.6 Å². The molecule has 1 aromatic carbocycles. The fraction of sp³-hybridized carbons (Fsp3) is 0.320. The topological polar surface area (TPSA) is 111 Å². The fourth-order valence-corrected chi connectivity index (χ4v) is 8.05. The summed E-state index contributed by atoms with van der Waals surface area (Å²) in [5, 5.41) is 12.2. The Morgan fingerprint density at radius 2 is 1.89 bits per heavy atom. The van der Waals surface area contributed by atoms with Crippen LogP contribution in [-0.2, 0) is 25.6 Å². The van der Waals surface area contributed by atoms with Crippen LogP contribution in [0.1, 0.15) is 12.5 Å². The zero-order chi connectivity index (χ0) is 26.8. The molecule has 12 heteroatoms. The van der Waals surface area contributed by atoms with Gasteiger partial charge in [0.05, 0.1) is 6.04 Å². The van der Waals surface area contributed by atoms with Gasteiger partial charge in [-0.1, -0.05) is 30.9 Å². The van der Waals surface area contributed by atoms with E-state index in [1.54, 1.807) is 42.6 Å². The number of likely N-dealkylation sites (N-methyl/N-ethyl adjacent to an activating group) is 1. The molecule has 3 heterocycles. The molecular weight excluding hydrogens is 532 g/mol. The zero-order valence-corrected chi connectivity index (χ0v) is 23.1. The van der Waals surface area contributed by atoms with Crippen LogP contribution in [0.5, 0.6) is 0 Å². The molecule has 1 fully saturated rings. The summed E-state index contributed by atoms with van der Waals surface area (Å²) in [6.45, 7) is 6.11. The second kappa shape index (κ2) is 10.6. The van der Waals surface area contributed by atoms with E-state index in [4.69, 9.17) is 0 Å². The minimum absolute atomic E-state index is 0.0554. The van der Waals surface area contributed by atoms with Gasteiger partial charge in [0.2, 0.25) is 10.0 Å². The summed E-state index contributed by atoms with van der Waals surface area (Å²) in [5.74, 6) is 0. The van der Waals surface area contributed by atoms with E-state index < -0.39 is 31.7 Å². The molecule has 9 nitrogen and oxygen atoms in total. The third-order valence-corrected chi connectivity index (χ3v) is 11.6. The maximum atomic E-state index is 13.3. The molecule has 1 N–H and O–H groups in total. The summed E-state index contributed by atoms with van der Waals surface area (Å²) < 4.78 is 55.9. The lowest BCUT2D eigenvalue weighted by atomic mass is 9.96. The molecule has 1 aliphatic heterocycles. The molecule has 0 aliphatic carbocycles. The van der Waals surface area contributed by atoms with Crippen LogP contribution >= 0.6 is 11.3 Å². The number of sulfonamides is 2. The molecule has 2 atom stereocenters. The number of aromatic nitrogens is 1. The molecule has 4 rings (SSSR count). The number of thiophene rings is 1. The average Bonchev–Trinajstić information content (AvgIpc) is 3.45. The predicted octanol–water partition coefficient (Wildman–Crippen LogP) is 2.74. The summed E-state index contributed by atoms with van der Waals surface area (Å²) in [4.78, 5) is 6.00. The van der Waals surface area contributed by atoms with Crippen LogP contribution in [0.25, 0.3) is 0 Å². The molecule has 0 amide bonds. The van der Waals surface area contributed by atoms with Crippen molar-refractivity contribution in [2.45, 2.75) is 27.7 Å². The number of anilines is 1. The maximum absolute atomic E-state index is 13.3. The fourth-order valence-electron chi connectivity index (χ4n) is 4.26. The average molecular weight is 563 g/mol. The number of piperazine rings is 1. The molecular formula is C25H30N4O5S3. The molecule has 37 heavy (non-hydrogen) atoms. The van der Waals surface area contributed by atoms with Crippen molar-refractivity contribution in [2.75, 3.05) is 38.1 Å². The maximum Gasteiger partial charge on any atom is 0.252 e. The molecule has 0 saturated carbocycles. The predicted molar refractivity (Wildman–Crippen MR) is 144 cm³/mol. The van der Waals surface area contributed by atoms with Crippen LogP contribution in [0.4, 0.5) is 5.69 Å². The van der Waals surface area contributed by atoms with Gasteiger partial charge in [-0.2, -0.15) is 8.61 Å². The zero-order valence-electron chi connectivity index (χ0n) is 20.6. The standard InChI is InChI=1S/C25H30N4O5S3/c1-4-25(2,30)20-9-11-21(12-10-20)29-15-14-28(37(33,34)24-8-6-16-35-24)19-22(29)18-27(3)36(31,32)23-7-5-13-26-17-23/h4-13,16-17,22,30H,1,14-15,18-19H2,2-3H3/t22-,25?/m0/s1. The number of pyridine rings is 1. The van der Waals surface area contributed by atoms with Crippen LogP contribution in [0.3, 0.4) is 0 Å². The highest BCUT2D eigenvalue weighted by molar-refractivity contribution is 7.91. The van der Waals surface area contributed by atoms with E-state index >= 15 is 0 Å². The van der Waals surface area contributed by atoms with E-state index in [1.807, 2.05) is 17.0 Å². The highest BCUT2D eigenvalue weighted by atomic mass is 32.2. The Bertz CT molecular complexity index is 1430. The van der Waals surface area contributed by atoms with Gasteiger partial charge in [0.1, 0.15) is 14.7 Å². The third-order valence-electron chi connectivity index (χ3n) is 6.53. The van der Waals surface area contributed by atoms with Gasteiger partial charge in [-0.25, -0.2) is 16.8 Å². The van der Waals surface area contributed by atoms with Gasteiger partial charge < -0.3 is 10.0 Å². The second-order valence-corrected chi connectivity index (χ2v) is 14.2. The monoisotopic (exact) mass is 562 g/mol. The van der Waals surface area contributed by atoms with Crippen molar-refractivity contribution in [3.8, 4) is 0 Å². The summed E-state index contributed by atoms with van der Waals surface area (Å²) in [7, 11) is -6.06. The van der Waals surface area contributed by atoms with Crippen molar-refractivity contribution < 1.29 is 21.9 Å². The lowest BCUT2D eigenvalue weighted by molar-refractivity contribution is 0.111. The number of hydrogen-bond donors (Lipinski definition) is 1. The molecule has 3 aromatic rings. The van der Waals surface area contributed by atoms with Crippen LogP contribution < -0.4 is 4.90 Å². The first-order valence-corrected chi connectivity index (χ1v) is 15.4. The van der Waals surface area contributed by atoms with E-state index in [0.717, 1.165) is 17.0 Å². The summed E-state index contributed by atoms with van der Waals surface area (Å²) in [6, 6.07) is 13.1. The SMILES string of the molecule is C=CC(C)(O)c1ccc(N2CCN(S(=O)(=O)c3cccs3)C[C@@H]2CN(C)S(=O)(=O)c2cccnc2)cc1. The number of nitrogens with zero attached hydrogens (tertiary/aromatic N) is 4. The Kier molecular flexibility index (Phi) is 7.88. The lowest BCUT2D eigenvalue weighted by Gasteiger charge is -2.43. The number of aliphatic hydroxyl groups is 1. The van der Waals surface area contributed by atoms with Crippen LogP contribution in [0.15, 0.2) is 88.1 Å². The Hall–Kier alpha value is -2.61. The molecule has 0 radical (unpaired) electrons. The van der Waals surface area contributed by atoms with Gasteiger partial charge >= 0.3 is 0 Å². The van der Waals surface area contributed by atoms with Gasteiger partial charge in [-0.3, -0.25) is 4.98 Å². The van der Waals surface area contributed by atoms with Crippen molar-refractivity contribution in [3.05, 3.63) is 84.5 Å². The first kappa shape index (κ1) is 27.4. The summed E-state index contributed by atoms with van der Waals surface area (Å²) >= 11 is 1.16. The smallest absolute Gasteiger partial charge is 0.252 e. The molecule has 0 bridgehead atoms. The number of benzene rings is 1. The molecule has 1 aliphatic rings. The van der Waals surface area contributed by atoms with Crippen LogP contribution in [0, 0.1) is 0 Å². The highest BCUT2D eigenvalue weighted by Gasteiger charge is 2.37. The molecule has 2 aromatic heterocycles. The van der Waals surface area contributed by atoms with Gasteiger partial charge in [0.25, 0.3) is 10.0 Å². The Balaban J connectivity index is 1.65. The van der Waals surface area contributed by atoms with E-state index in [9.17, 15) is 21.9 Å². The van der Waals surface area contributed by atoms with Gasteiger partial charge in [0, 0.05) is 51.3 Å². The van der Waals surface area contributed by atoms with Crippen molar-refractivity contribution >= 4 is 37.1 Å². The third kappa shape index (κ3) is 5.64.